The van der Waals surface area contributed by atoms with Gasteiger partial charge in [-0.15, -0.1) is 0 Å². The fraction of sp³-hybridized carbons (Fsp3) is 0.278. The summed E-state index contributed by atoms with van der Waals surface area (Å²) in [5, 5.41) is 2.87. The molecule has 0 spiro atoms. The maximum absolute atomic E-state index is 12.6. The number of benzene rings is 1. The van der Waals surface area contributed by atoms with Crippen LogP contribution >= 0.6 is 0 Å². The molecule has 1 aromatic carbocycles. The summed E-state index contributed by atoms with van der Waals surface area (Å²) in [6.45, 7) is 0.299. The molecule has 1 N–H and O–H groups in total. The molecule has 2 heterocycles. The first-order valence-corrected chi connectivity index (χ1v) is 7.75. The monoisotopic (exact) mass is 325 g/mol. The van der Waals surface area contributed by atoms with Gasteiger partial charge in [0.05, 0.1) is 6.04 Å². The normalized spacial score (nSPS) is 20.7. The number of morpholine rings is 1. The molecule has 0 aliphatic carbocycles. The Bertz CT molecular complexity index is 706. The predicted octanol–water partition coefficient (Wildman–Crippen LogP) is 1.30. The number of amides is 2. The first-order valence-electron chi connectivity index (χ1n) is 7.75. The third-order valence-electron chi connectivity index (χ3n) is 4.10. The average molecular weight is 325 g/mol. The molecule has 1 fully saturated rings. The second-order valence-corrected chi connectivity index (χ2v) is 5.67. The maximum Gasteiger partial charge on any atom is 0.251 e. The second-order valence-electron chi connectivity index (χ2n) is 5.67. The molecule has 124 valence electrons. The third-order valence-corrected chi connectivity index (χ3v) is 4.10. The van der Waals surface area contributed by atoms with Crippen LogP contribution in [0.4, 0.5) is 0 Å². The van der Waals surface area contributed by atoms with Crippen LogP contribution in [-0.4, -0.2) is 41.5 Å². The second kappa shape index (κ2) is 7.23. The Labute approximate surface area is 140 Å². The van der Waals surface area contributed by atoms with Crippen LogP contribution < -0.4 is 5.32 Å². The molecular formula is C18H19N3O3. The molecule has 1 aliphatic rings. The van der Waals surface area contributed by atoms with E-state index in [-0.39, 0.29) is 18.4 Å². The summed E-state index contributed by atoms with van der Waals surface area (Å²) in [4.78, 5) is 30.1. The summed E-state index contributed by atoms with van der Waals surface area (Å²) < 4.78 is 5.56. The number of pyridine rings is 1. The molecule has 1 aliphatic heterocycles. The number of nitrogens with one attached hydrogen (secondary N) is 1. The van der Waals surface area contributed by atoms with Crippen molar-refractivity contribution in [2.24, 2.45) is 0 Å². The third kappa shape index (κ3) is 3.44. The first-order chi connectivity index (χ1) is 11.7. The molecule has 2 unspecified atom stereocenters. The Hall–Kier alpha value is -2.73. The quantitative estimate of drug-likeness (QED) is 0.920. The molecule has 0 bridgehead atoms. The fourth-order valence-corrected chi connectivity index (χ4v) is 2.77. The van der Waals surface area contributed by atoms with Crippen molar-refractivity contribution in [3.63, 3.8) is 0 Å². The van der Waals surface area contributed by atoms with Gasteiger partial charge < -0.3 is 15.0 Å². The van der Waals surface area contributed by atoms with Crippen molar-refractivity contribution in [3.05, 3.63) is 66.0 Å². The Morgan fingerprint density at radius 3 is 2.67 bits per heavy atom. The van der Waals surface area contributed by atoms with E-state index in [1.807, 2.05) is 42.5 Å². The lowest BCUT2D eigenvalue weighted by atomic mass is 9.97. The molecule has 6 heteroatoms. The lowest BCUT2D eigenvalue weighted by Crippen LogP contribution is -2.52. The van der Waals surface area contributed by atoms with Crippen molar-refractivity contribution >= 4 is 11.8 Å². The standard InChI is InChI=1S/C18H19N3O3/c1-21-15(22)12-24-17(16(21)14-5-3-2-4-6-14)18(23)20-11-13-7-9-19-10-8-13/h2-10,16-17H,11-12H2,1H3,(H,20,23). The van der Waals surface area contributed by atoms with Gasteiger partial charge in [-0.2, -0.15) is 0 Å². The van der Waals surface area contributed by atoms with E-state index in [0.29, 0.717) is 6.54 Å². The minimum atomic E-state index is -0.739. The van der Waals surface area contributed by atoms with Crippen molar-refractivity contribution in [1.82, 2.24) is 15.2 Å². The van der Waals surface area contributed by atoms with Gasteiger partial charge in [-0.05, 0) is 23.3 Å². The van der Waals surface area contributed by atoms with Gasteiger partial charge in [0.1, 0.15) is 6.61 Å². The summed E-state index contributed by atoms with van der Waals surface area (Å²) in [6.07, 6.45) is 2.62. The number of carbonyl (C=O) groups is 2. The van der Waals surface area contributed by atoms with Crippen LogP contribution in [0.1, 0.15) is 17.2 Å². The highest BCUT2D eigenvalue weighted by molar-refractivity contribution is 5.86. The van der Waals surface area contributed by atoms with Crippen molar-refractivity contribution in [3.8, 4) is 0 Å². The topological polar surface area (TPSA) is 71.5 Å². The molecule has 1 saturated heterocycles. The van der Waals surface area contributed by atoms with E-state index in [2.05, 4.69) is 10.3 Å². The molecule has 0 radical (unpaired) electrons. The molecule has 2 aromatic rings. The van der Waals surface area contributed by atoms with E-state index in [9.17, 15) is 9.59 Å². The molecular weight excluding hydrogens is 306 g/mol. The van der Waals surface area contributed by atoms with Crippen LogP contribution in [0.25, 0.3) is 0 Å². The summed E-state index contributed by atoms with van der Waals surface area (Å²) in [5.74, 6) is -0.373. The van der Waals surface area contributed by atoms with Gasteiger partial charge in [0.15, 0.2) is 6.10 Å². The van der Waals surface area contributed by atoms with Crippen LogP contribution in [0, 0.1) is 0 Å². The van der Waals surface area contributed by atoms with Gasteiger partial charge in [-0.3, -0.25) is 14.6 Å². The highest BCUT2D eigenvalue weighted by Crippen LogP contribution is 2.29. The number of hydrogen-bond acceptors (Lipinski definition) is 4. The van der Waals surface area contributed by atoms with Crippen LogP contribution in [0.15, 0.2) is 54.9 Å². The minimum absolute atomic E-state index is 0.0901. The average Bonchev–Trinajstić information content (AvgIpc) is 2.63. The SMILES string of the molecule is CN1C(=O)COC(C(=O)NCc2ccncc2)C1c1ccccc1. The summed E-state index contributed by atoms with van der Waals surface area (Å²) in [5.41, 5.74) is 1.83. The van der Waals surface area contributed by atoms with Crippen LogP contribution in [0.5, 0.6) is 0 Å². The van der Waals surface area contributed by atoms with E-state index in [4.69, 9.17) is 4.74 Å². The largest absolute Gasteiger partial charge is 0.356 e. The number of nitrogens with zero attached hydrogens (tertiary/aromatic N) is 2. The van der Waals surface area contributed by atoms with E-state index < -0.39 is 12.1 Å². The number of ether oxygens (including phenoxy) is 1. The van der Waals surface area contributed by atoms with Gasteiger partial charge in [0.25, 0.3) is 5.91 Å². The number of carbonyl (C=O) groups excluding carboxylic acids is 2. The van der Waals surface area contributed by atoms with Crippen molar-refractivity contribution in [1.29, 1.82) is 0 Å². The summed E-state index contributed by atoms with van der Waals surface area (Å²) in [6, 6.07) is 12.7. The molecule has 2 amide bonds. The van der Waals surface area contributed by atoms with Gasteiger partial charge in [-0.1, -0.05) is 30.3 Å². The summed E-state index contributed by atoms with van der Waals surface area (Å²) >= 11 is 0. The number of rotatable bonds is 4. The Morgan fingerprint density at radius 2 is 1.96 bits per heavy atom. The molecule has 24 heavy (non-hydrogen) atoms. The lowest BCUT2D eigenvalue weighted by Gasteiger charge is -2.38. The Kier molecular flexibility index (Phi) is 4.86. The highest BCUT2D eigenvalue weighted by atomic mass is 16.5. The van der Waals surface area contributed by atoms with E-state index >= 15 is 0 Å². The summed E-state index contributed by atoms with van der Waals surface area (Å²) in [7, 11) is 1.70. The number of likely N-dealkylation sites (N-methyl/N-ethyl adjacent to an activating group) is 1. The molecule has 1 aromatic heterocycles. The molecule has 6 nitrogen and oxygen atoms in total. The van der Waals surface area contributed by atoms with E-state index in [1.54, 1.807) is 24.3 Å². The first kappa shape index (κ1) is 16.1. The van der Waals surface area contributed by atoms with Crippen LogP contribution in [0.2, 0.25) is 0 Å². The zero-order valence-corrected chi connectivity index (χ0v) is 13.4. The van der Waals surface area contributed by atoms with Crippen LogP contribution in [0.3, 0.4) is 0 Å². The molecule has 2 atom stereocenters. The van der Waals surface area contributed by atoms with Crippen molar-refractivity contribution in [2.45, 2.75) is 18.7 Å². The lowest BCUT2D eigenvalue weighted by molar-refractivity contribution is -0.162. The Morgan fingerprint density at radius 1 is 1.25 bits per heavy atom. The zero-order chi connectivity index (χ0) is 16.9. The molecule has 0 saturated carbocycles. The van der Waals surface area contributed by atoms with Gasteiger partial charge in [0.2, 0.25) is 5.91 Å². The highest BCUT2D eigenvalue weighted by Gasteiger charge is 2.39. The van der Waals surface area contributed by atoms with Crippen molar-refractivity contribution in [2.75, 3.05) is 13.7 Å². The predicted molar refractivity (Wildman–Crippen MR) is 87.8 cm³/mol. The van der Waals surface area contributed by atoms with Crippen LogP contribution in [-0.2, 0) is 20.9 Å². The molecule has 3 rings (SSSR count). The Balaban J connectivity index is 1.76. The van der Waals surface area contributed by atoms with E-state index in [0.717, 1.165) is 11.1 Å². The van der Waals surface area contributed by atoms with Crippen molar-refractivity contribution < 1.29 is 14.3 Å². The van der Waals surface area contributed by atoms with Gasteiger partial charge in [-0.25, -0.2) is 0 Å². The smallest absolute Gasteiger partial charge is 0.251 e. The van der Waals surface area contributed by atoms with E-state index in [1.165, 1.54) is 0 Å². The van der Waals surface area contributed by atoms with Gasteiger partial charge >= 0.3 is 0 Å². The minimum Gasteiger partial charge on any atom is -0.356 e. The fourth-order valence-electron chi connectivity index (χ4n) is 2.77. The maximum atomic E-state index is 12.6. The zero-order valence-electron chi connectivity index (χ0n) is 13.4. The number of aromatic nitrogens is 1. The van der Waals surface area contributed by atoms with Gasteiger partial charge in [0, 0.05) is 26.0 Å². The number of hydrogen-bond donors (Lipinski definition) is 1.